The van der Waals surface area contributed by atoms with Gasteiger partial charge in [0.2, 0.25) is 0 Å². The van der Waals surface area contributed by atoms with Gasteiger partial charge in [-0.05, 0) is 24.1 Å². The SMILES string of the molecule is CCc1nc(COc2ccc(CN)cc2OC)cs1. The summed E-state index contributed by atoms with van der Waals surface area (Å²) in [5, 5.41) is 3.16. The molecule has 0 spiro atoms. The number of rotatable bonds is 6. The van der Waals surface area contributed by atoms with E-state index in [9.17, 15) is 0 Å². The van der Waals surface area contributed by atoms with E-state index in [1.807, 2.05) is 23.6 Å². The van der Waals surface area contributed by atoms with Crippen molar-refractivity contribution in [1.82, 2.24) is 4.98 Å². The first-order valence-corrected chi connectivity index (χ1v) is 7.07. The summed E-state index contributed by atoms with van der Waals surface area (Å²) in [7, 11) is 1.63. The van der Waals surface area contributed by atoms with E-state index in [0.29, 0.717) is 24.7 Å². The van der Waals surface area contributed by atoms with E-state index in [4.69, 9.17) is 15.2 Å². The van der Waals surface area contributed by atoms with Crippen molar-refractivity contribution in [2.75, 3.05) is 7.11 Å². The number of hydrogen-bond donors (Lipinski definition) is 1. The summed E-state index contributed by atoms with van der Waals surface area (Å²) in [5.41, 5.74) is 7.57. The maximum absolute atomic E-state index is 5.75. The molecule has 0 amide bonds. The van der Waals surface area contributed by atoms with E-state index in [1.54, 1.807) is 18.4 Å². The lowest BCUT2D eigenvalue weighted by molar-refractivity contribution is 0.281. The normalized spacial score (nSPS) is 10.5. The maximum atomic E-state index is 5.75. The number of nitrogens with zero attached hydrogens (tertiary/aromatic N) is 1. The van der Waals surface area contributed by atoms with Gasteiger partial charge in [-0.2, -0.15) is 0 Å². The number of benzene rings is 1. The average molecular weight is 278 g/mol. The molecule has 2 rings (SSSR count). The van der Waals surface area contributed by atoms with Crippen molar-refractivity contribution in [3.05, 3.63) is 39.8 Å². The topological polar surface area (TPSA) is 57.4 Å². The second-order valence-corrected chi connectivity index (χ2v) is 5.01. The number of aryl methyl sites for hydroxylation is 1. The molecule has 0 saturated heterocycles. The smallest absolute Gasteiger partial charge is 0.161 e. The first kappa shape index (κ1) is 13.8. The monoisotopic (exact) mass is 278 g/mol. The lowest BCUT2D eigenvalue weighted by Crippen LogP contribution is -2.01. The molecule has 0 bridgehead atoms. The number of nitrogens with two attached hydrogens (primary N) is 1. The molecule has 4 nitrogen and oxygen atoms in total. The van der Waals surface area contributed by atoms with Crippen LogP contribution in [0.2, 0.25) is 0 Å². The van der Waals surface area contributed by atoms with Crippen LogP contribution < -0.4 is 15.2 Å². The van der Waals surface area contributed by atoms with Crippen LogP contribution >= 0.6 is 11.3 Å². The van der Waals surface area contributed by atoms with Gasteiger partial charge in [-0.25, -0.2) is 4.98 Å². The molecule has 2 N–H and O–H groups in total. The van der Waals surface area contributed by atoms with Crippen LogP contribution in [0.15, 0.2) is 23.6 Å². The predicted molar refractivity (Wildman–Crippen MR) is 76.7 cm³/mol. The van der Waals surface area contributed by atoms with E-state index in [1.165, 1.54) is 0 Å². The van der Waals surface area contributed by atoms with Gasteiger partial charge in [0, 0.05) is 11.9 Å². The zero-order chi connectivity index (χ0) is 13.7. The van der Waals surface area contributed by atoms with Gasteiger partial charge in [0.1, 0.15) is 6.61 Å². The molecule has 102 valence electrons. The highest BCUT2D eigenvalue weighted by Gasteiger charge is 2.07. The van der Waals surface area contributed by atoms with Gasteiger partial charge >= 0.3 is 0 Å². The molecule has 0 fully saturated rings. The maximum Gasteiger partial charge on any atom is 0.161 e. The highest BCUT2D eigenvalue weighted by atomic mass is 32.1. The zero-order valence-electron chi connectivity index (χ0n) is 11.2. The van der Waals surface area contributed by atoms with E-state index >= 15 is 0 Å². The third kappa shape index (κ3) is 3.45. The highest BCUT2D eigenvalue weighted by molar-refractivity contribution is 7.09. The van der Waals surface area contributed by atoms with Crippen molar-refractivity contribution >= 4 is 11.3 Å². The van der Waals surface area contributed by atoms with Gasteiger partial charge in [0.25, 0.3) is 0 Å². The molecule has 0 radical (unpaired) electrons. The summed E-state index contributed by atoms with van der Waals surface area (Å²) in [6.07, 6.45) is 0.958. The Morgan fingerprint density at radius 2 is 2.16 bits per heavy atom. The van der Waals surface area contributed by atoms with Gasteiger partial charge in [-0.1, -0.05) is 13.0 Å². The third-order valence-corrected chi connectivity index (χ3v) is 3.78. The van der Waals surface area contributed by atoms with Crippen LogP contribution in [0.5, 0.6) is 11.5 Å². The Bertz CT molecular complexity index is 540. The van der Waals surface area contributed by atoms with Crippen LogP contribution in [0.3, 0.4) is 0 Å². The Kier molecular flexibility index (Phi) is 4.76. The standard InChI is InChI=1S/C14H18N2O2S/c1-3-14-16-11(9-19-14)8-18-12-5-4-10(7-15)6-13(12)17-2/h4-6,9H,3,7-8,15H2,1-2H3. The minimum absolute atomic E-state index is 0.453. The first-order chi connectivity index (χ1) is 9.26. The highest BCUT2D eigenvalue weighted by Crippen LogP contribution is 2.28. The number of ether oxygens (including phenoxy) is 2. The van der Waals surface area contributed by atoms with E-state index < -0.39 is 0 Å². The van der Waals surface area contributed by atoms with Crippen LogP contribution in [0, 0.1) is 0 Å². The predicted octanol–water partition coefficient (Wildman–Crippen LogP) is 2.75. The number of methoxy groups -OCH3 is 1. The van der Waals surface area contributed by atoms with E-state index in [-0.39, 0.29) is 0 Å². The van der Waals surface area contributed by atoms with Crippen molar-refractivity contribution < 1.29 is 9.47 Å². The van der Waals surface area contributed by atoms with Crippen molar-refractivity contribution in [3.8, 4) is 11.5 Å². The van der Waals surface area contributed by atoms with Gasteiger partial charge in [-0.3, -0.25) is 0 Å². The quantitative estimate of drug-likeness (QED) is 0.882. The zero-order valence-corrected chi connectivity index (χ0v) is 12.0. The molecule has 0 unspecified atom stereocenters. The Balaban J connectivity index is 2.06. The number of aromatic nitrogens is 1. The van der Waals surface area contributed by atoms with Crippen LogP contribution in [-0.2, 0) is 19.6 Å². The summed E-state index contributed by atoms with van der Waals surface area (Å²) in [5.74, 6) is 1.42. The fourth-order valence-electron chi connectivity index (χ4n) is 1.69. The summed E-state index contributed by atoms with van der Waals surface area (Å²) < 4.78 is 11.1. The van der Waals surface area contributed by atoms with Gasteiger partial charge in [0.15, 0.2) is 11.5 Å². The van der Waals surface area contributed by atoms with Gasteiger partial charge in [-0.15, -0.1) is 11.3 Å². The Morgan fingerprint density at radius 3 is 2.79 bits per heavy atom. The molecular formula is C14H18N2O2S. The Labute approximate surface area is 117 Å². The van der Waals surface area contributed by atoms with Crippen LogP contribution in [-0.4, -0.2) is 12.1 Å². The van der Waals surface area contributed by atoms with Crippen LogP contribution in [0.4, 0.5) is 0 Å². The second-order valence-electron chi connectivity index (χ2n) is 4.06. The fourth-order valence-corrected chi connectivity index (χ4v) is 2.42. The van der Waals surface area contributed by atoms with Crippen molar-refractivity contribution in [3.63, 3.8) is 0 Å². The number of hydrogen-bond acceptors (Lipinski definition) is 5. The molecule has 0 aliphatic rings. The first-order valence-electron chi connectivity index (χ1n) is 6.19. The van der Waals surface area contributed by atoms with Gasteiger partial charge < -0.3 is 15.2 Å². The summed E-state index contributed by atoms with van der Waals surface area (Å²) >= 11 is 1.66. The fraction of sp³-hybridized carbons (Fsp3) is 0.357. The largest absolute Gasteiger partial charge is 0.493 e. The minimum Gasteiger partial charge on any atom is -0.493 e. The molecule has 0 atom stereocenters. The van der Waals surface area contributed by atoms with Crippen molar-refractivity contribution in [2.45, 2.75) is 26.5 Å². The Morgan fingerprint density at radius 1 is 1.32 bits per heavy atom. The molecule has 2 aromatic rings. The molecule has 1 aromatic carbocycles. The molecule has 5 heteroatoms. The van der Waals surface area contributed by atoms with Gasteiger partial charge in [0.05, 0.1) is 17.8 Å². The number of thiazole rings is 1. The van der Waals surface area contributed by atoms with E-state index in [0.717, 1.165) is 22.7 Å². The third-order valence-electron chi connectivity index (χ3n) is 2.74. The summed E-state index contributed by atoms with van der Waals surface area (Å²) in [4.78, 5) is 4.47. The lowest BCUT2D eigenvalue weighted by Gasteiger charge is -2.10. The van der Waals surface area contributed by atoms with E-state index in [2.05, 4.69) is 11.9 Å². The van der Waals surface area contributed by atoms with Crippen LogP contribution in [0.25, 0.3) is 0 Å². The van der Waals surface area contributed by atoms with Crippen molar-refractivity contribution in [2.24, 2.45) is 5.73 Å². The minimum atomic E-state index is 0.453. The molecule has 19 heavy (non-hydrogen) atoms. The molecular weight excluding hydrogens is 260 g/mol. The molecule has 0 aliphatic carbocycles. The average Bonchev–Trinajstić information content (AvgIpc) is 2.92. The summed E-state index contributed by atoms with van der Waals surface area (Å²) in [6.45, 7) is 3.04. The lowest BCUT2D eigenvalue weighted by atomic mass is 10.2. The molecule has 1 aromatic heterocycles. The summed E-state index contributed by atoms with van der Waals surface area (Å²) in [6, 6.07) is 5.72. The second kappa shape index (κ2) is 6.54. The van der Waals surface area contributed by atoms with Crippen molar-refractivity contribution in [1.29, 1.82) is 0 Å². The Hall–Kier alpha value is -1.59. The van der Waals surface area contributed by atoms with Crippen LogP contribution in [0.1, 0.15) is 23.2 Å². The molecule has 1 heterocycles. The molecule has 0 aliphatic heterocycles. The molecule has 0 saturated carbocycles.